The molecule has 2 aliphatic rings. The summed E-state index contributed by atoms with van der Waals surface area (Å²) in [5.74, 6) is -0.248. The van der Waals surface area contributed by atoms with Gasteiger partial charge in [0, 0.05) is 6.42 Å². The molecule has 0 aliphatic carbocycles. The summed E-state index contributed by atoms with van der Waals surface area (Å²) in [5.41, 5.74) is 0. The third kappa shape index (κ3) is 45.5. The van der Waals surface area contributed by atoms with E-state index in [0.717, 1.165) is 103 Å². The van der Waals surface area contributed by atoms with Crippen LogP contribution >= 0.6 is 0 Å². The molecule has 534 valence electrons. The van der Waals surface area contributed by atoms with E-state index in [1.807, 2.05) is 6.08 Å². The average Bonchev–Trinajstić information content (AvgIpc) is 0.852. The zero-order valence-corrected chi connectivity index (χ0v) is 58.2. The molecule has 0 spiro atoms. The van der Waals surface area contributed by atoms with Crippen LogP contribution in [0.25, 0.3) is 0 Å². The first-order chi connectivity index (χ1) is 45.6. The summed E-state index contributed by atoms with van der Waals surface area (Å²) >= 11 is 0. The molecule has 9 N–H and O–H groups in total. The summed E-state index contributed by atoms with van der Waals surface area (Å²) in [4.78, 5) is 13.4. The minimum Gasteiger partial charge on any atom is -0.394 e. The number of nitrogens with one attached hydrogen (secondary N) is 1. The van der Waals surface area contributed by atoms with E-state index in [1.165, 1.54) is 148 Å². The van der Waals surface area contributed by atoms with Crippen LogP contribution < -0.4 is 5.32 Å². The normalized spacial score (nSPS) is 23.3. The molecule has 0 bridgehead atoms. The van der Waals surface area contributed by atoms with Gasteiger partial charge in [0.2, 0.25) is 5.91 Å². The van der Waals surface area contributed by atoms with Gasteiger partial charge in [0.05, 0.1) is 32.0 Å². The maximum Gasteiger partial charge on any atom is 0.220 e. The van der Waals surface area contributed by atoms with Crippen LogP contribution in [0.5, 0.6) is 0 Å². The molecule has 0 aromatic rings. The smallest absolute Gasteiger partial charge is 0.220 e. The molecule has 0 aromatic heterocycles. The van der Waals surface area contributed by atoms with Gasteiger partial charge >= 0.3 is 0 Å². The van der Waals surface area contributed by atoms with Crippen molar-refractivity contribution in [1.82, 2.24) is 5.32 Å². The molecule has 0 aromatic carbocycles. The lowest BCUT2D eigenvalue weighted by Crippen LogP contribution is -2.65. The maximum atomic E-state index is 13.4. The number of amides is 1. The van der Waals surface area contributed by atoms with Gasteiger partial charge < -0.3 is 65.1 Å². The standard InChI is InChI=1S/C79H135NO13/c1-3-5-7-9-11-13-15-17-19-21-23-25-27-28-29-30-31-32-33-34-35-36-37-38-39-40-41-43-45-47-49-51-53-55-57-59-61-63-71(84)80-67(66-90-78-76(89)74(87)77(70(65-82)92-78)93-79-75(88)73(86)72(85)69(64-81)91-79)68(83)62-60-58-56-54-52-50-48-46-44-42-26-24-22-20-18-16-14-12-10-8-6-4-2/h5,7,11,13,17,19,23,25,28-29,31-32,34-35,37-38,40-41,60,62,67-70,72-79,81-83,85-89H,3-4,6,8-10,12,14-16,18,20-22,24,26-27,30,33,36,39,42-59,61,63-66H2,1-2H3,(H,80,84)/b7-5-,13-11-,19-17-,25-23-,29-28-,32-31-,35-34-,38-37-,41-40-,62-60+. The summed E-state index contributed by atoms with van der Waals surface area (Å²) in [6.07, 6.45) is 73.9. The number of aliphatic hydroxyl groups excluding tert-OH is 8. The molecule has 14 heteroatoms. The molecular weight excluding hydrogens is 1170 g/mol. The van der Waals surface area contributed by atoms with Gasteiger partial charge in [-0.15, -0.1) is 0 Å². The molecule has 2 heterocycles. The molecule has 93 heavy (non-hydrogen) atoms. The van der Waals surface area contributed by atoms with E-state index in [2.05, 4.69) is 129 Å². The van der Waals surface area contributed by atoms with Crippen molar-refractivity contribution in [2.75, 3.05) is 19.8 Å². The third-order valence-electron chi connectivity index (χ3n) is 17.4. The van der Waals surface area contributed by atoms with Crippen LogP contribution in [-0.4, -0.2) is 140 Å². The predicted molar refractivity (Wildman–Crippen MR) is 382 cm³/mol. The first kappa shape index (κ1) is 85.5. The molecule has 2 rings (SSSR count). The van der Waals surface area contributed by atoms with Crippen molar-refractivity contribution in [2.45, 2.75) is 351 Å². The Bertz CT molecular complexity index is 2030. The monoisotopic (exact) mass is 1310 g/mol. The van der Waals surface area contributed by atoms with Crippen molar-refractivity contribution in [3.05, 3.63) is 122 Å². The van der Waals surface area contributed by atoms with Gasteiger partial charge in [-0.3, -0.25) is 4.79 Å². The van der Waals surface area contributed by atoms with E-state index >= 15 is 0 Å². The van der Waals surface area contributed by atoms with Gasteiger partial charge in [-0.05, 0) is 89.9 Å². The number of carbonyl (C=O) groups is 1. The Hall–Kier alpha value is -3.61. The highest BCUT2D eigenvalue weighted by molar-refractivity contribution is 5.76. The Kier molecular flexibility index (Phi) is 56.9. The van der Waals surface area contributed by atoms with Crippen LogP contribution in [-0.2, 0) is 23.7 Å². The topological polar surface area (TPSA) is 228 Å². The van der Waals surface area contributed by atoms with Crippen LogP contribution in [0.1, 0.15) is 277 Å². The summed E-state index contributed by atoms with van der Waals surface area (Å²) < 4.78 is 22.9. The first-order valence-corrected chi connectivity index (χ1v) is 37.3. The number of rotatable bonds is 60. The van der Waals surface area contributed by atoms with Crippen LogP contribution in [0.4, 0.5) is 0 Å². The number of ether oxygens (including phenoxy) is 4. The molecule has 2 saturated heterocycles. The second kappa shape index (κ2) is 61.9. The Labute approximate surface area is 565 Å². The molecule has 14 nitrogen and oxygen atoms in total. The van der Waals surface area contributed by atoms with Crippen molar-refractivity contribution >= 4 is 5.91 Å². The Morgan fingerprint density at radius 1 is 0.398 bits per heavy atom. The minimum atomic E-state index is -1.79. The quantitative estimate of drug-likeness (QED) is 0.0204. The summed E-state index contributed by atoms with van der Waals surface area (Å²) in [6, 6.07) is -0.928. The fraction of sp³-hybridized carbons (Fsp3) is 0.734. The van der Waals surface area contributed by atoms with Crippen molar-refractivity contribution in [1.29, 1.82) is 0 Å². The molecule has 1 amide bonds. The number of unbranched alkanes of at least 4 members (excludes halogenated alkanes) is 29. The zero-order valence-electron chi connectivity index (χ0n) is 58.2. The fourth-order valence-corrected chi connectivity index (χ4v) is 11.5. The average molecular weight is 1310 g/mol. The Balaban J connectivity index is 1.66. The second-order valence-corrected chi connectivity index (χ2v) is 25.7. The summed E-state index contributed by atoms with van der Waals surface area (Å²) in [5, 5.41) is 87.5. The maximum absolute atomic E-state index is 13.4. The SMILES string of the molecule is CC/C=C\C/C=C\C/C=C\C/C=C\C/C=C\C/C=C\C/C=C\C/C=C\C/C=C\CCCCCCCCCCCC(=O)NC(COC1OC(CO)C(OC2OC(CO)C(O)C(O)C2O)C(O)C1O)C(O)/C=C/CCCCCCCCCCCCCCCCCCCCCC. The van der Waals surface area contributed by atoms with Gasteiger partial charge in [0.1, 0.15) is 48.8 Å². The molecule has 12 unspecified atom stereocenters. The lowest BCUT2D eigenvalue weighted by atomic mass is 9.97. The van der Waals surface area contributed by atoms with Crippen molar-refractivity contribution < 1.29 is 64.6 Å². The highest BCUT2D eigenvalue weighted by Gasteiger charge is 2.51. The minimum absolute atomic E-state index is 0.248. The van der Waals surface area contributed by atoms with Crippen LogP contribution in [0, 0.1) is 0 Å². The van der Waals surface area contributed by atoms with Crippen LogP contribution in [0.3, 0.4) is 0 Å². The zero-order chi connectivity index (χ0) is 67.3. The lowest BCUT2D eigenvalue weighted by Gasteiger charge is -2.46. The fourth-order valence-electron chi connectivity index (χ4n) is 11.5. The summed E-state index contributed by atoms with van der Waals surface area (Å²) in [6.45, 7) is 2.70. The number of hydrogen-bond donors (Lipinski definition) is 9. The van der Waals surface area contributed by atoms with Gasteiger partial charge in [-0.1, -0.05) is 302 Å². The first-order valence-electron chi connectivity index (χ1n) is 37.3. The molecule has 2 aliphatic heterocycles. The molecular formula is C79H135NO13. The van der Waals surface area contributed by atoms with Crippen molar-refractivity contribution in [3.63, 3.8) is 0 Å². The van der Waals surface area contributed by atoms with Crippen molar-refractivity contribution in [2.24, 2.45) is 0 Å². The Morgan fingerprint density at radius 2 is 0.742 bits per heavy atom. The Morgan fingerprint density at radius 3 is 1.14 bits per heavy atom. The molecule has 2 fully saturated rings. The highest BCUT2D eigenvalue weighted by atomic mass is 16.7. The van der Waals surface area contributed by atoms with Crippen LogP contribution in [0.2, 0.25) is 0 Å². The van der Waals surface area contributed by atoms with Gasteiger partial charge in [-0.25, -0.2) is 0 Å². The second-order valence-electron chi connectivity index (χ2n) is 25.7. The van der Waals surface area contributed by atoms with Gasteiger partial charge in [-0.2, -0.15) is 0 Å². The largest absolute Gasteiger partial charge is 0.394 e. The third-order valence-corrected chi connectivity index (χ3v) is 17.4. The van der Waals surface area contributed by atoms with E-state index in [-0.39, 0.29) is 18.9 Å². The predicted octanol–water partition coefficient (Wildman–Crippen LogP) is 16.1. The highest BCUT2D eigenvalue weighted by Crippen LogP contribution is 2.30. The van der Waals surface area contributed by atoms with Crippen LogP contribution in [0.15, 0.2) is 122 Å². The molecule has 0 radical (unpaired) electrons. The van der Waals surface area contributed by atoms with E-state index in [4.69, 9.17) is 18.9 Å². The van der Waals surface area contributed by atoms with Crippen molar-refractivity contribution in [3.8, 4) is 0 Å². The molecule has 0 saturated carbocycles. The van der Waals surface area contributed by atoms with E-state index in [0.29, 0.717) is 6.42 Å². The van der Waals surface area contributed by atoms with Gasteiger partial charge in [0.25, 0.3) is 0 Å². The van der Waals surface area contributed by atoms with E-state index < -0.39 is 86.8 Å². The van der Waals surface area contributed by atoms with E-state index in [9.17, 15) is 45.6 Å². The number of hydrogen-bond acceptors (Lipinski definition) is 13. The number of aliphatic hydroxyl groups is 8. The summed E-state index contributed by atoms with van der Waals surface area (Å²) in [7, 11) is 0. The molecule has 12 atom stereocenters. The number of allylic oxidation sites excluding steroid dienone is 19. The lowest BCUT2D eigenvalue weighted by molar-refractivity contribution is -0.359. The number of carbonyl (C=O) groups excluding carboxylic acids is 1. The van der Waals surface area contributed by atoms with Gasteiger partial charge in [0.15, 0.2) is 12.6 Å². The van der Waals surface area contributed by atoms with E-state index in [1.54, 1.807) is 6.08 Å².